The van der Waals surface area contributed by atoms with Gasteiger partial charge in [-0.15, -0.1) is 10.2 Å². The van der Waals surface area contributed by atoms with E-state index in [1.165, 1.54) is 0 Å². The third-order valence-corrected chi connectivity index (χ3v) is 5.02. The van der Waals surface area contributed by atoms with Gasteiger partial charge in [0.2, 0.25) is 5.13 Å². The molecule has 0 unspecified atom stereocenters. The predicted octanol–water partition coefficient (Wildman–Crippen LogP) is 2.28. The maximum absolute atomic E-state index is 13.8. The van der Waals surface area contributed by atoms with Crippen LogP contribution in [0.25, 0.3) is 0 Å². The summed E-state index contributed by atoms with van der Waals surface area (Å²) < 4.78 is 40.2. The smallest absolute Gasteiger partial charge is 0.266 e. The van der Waals surface area contributed by atoms with Gasteiger partial charge in [0.05, 0.1) is 5.02 Å². The number of anilines is 2. The molecule has 2 rings (SSSR count). The number of nitrogen functional groups attached to an aromatic ring is 1. The van der Waals surface area contributed by atoms with Gasteiger partial charge in [-0.1, -0.05) is 29.9 Å². The molecule has 0 atom stereocenters. The fourth-order valence-electron chi connectivity index (χ4n) is 1.39. The Hall–Kier alpha value is -1.45. The average molecular weight is 337 g/mol. The van der Waals surface area contributed by atoms with E-state index in [4.69, 9.17) is 17.3 Å². The van der Waals surface area contributed by atoms with Crippen LogP contribution >= 0.6 is 22.9 Å². The van der Waals surface area contributed by atoms with Crippen molar-refractivity contribution in [2.75, 3.05) is 10.5 Å². The third kappa shape index (κ3) is 3.00. The zero-order valence-electron chi connectivity index (χ0n) is 10.2. The van der Waals surface area contributed by atoms with Gasteiger partial charge in [-0.2, -0.15) is 0 Å². The fraction of sp³-hybridized carbons (Fsp3) is 0.200. The van der Waals surface area contributed by atoms with Gasteiger partial charge < -0.3 is 5.73 Å². The van der Waals surface area contributed by atoms with Gasteiger partial charge in [-0.25, -0.2) is 12.8 Å². The summed E-state index contributed by atoms with van der Waals surface area (Å²) in [5, 5.41) is 7.78. The predicted molar refractivity (Wildman–Crippen MR) is 75.9 cm³/mol. The Morgan fingerprint density at radius 2 is 2.15 bits per heavy atom. The number of rotatable bonds is 4. The molecule has 2 aromatic rings. The van der Waals surface area contributed by atoms with Crippen molar-refractivity contribution in [3.63, 3.8) is 0 Å². The Labute approximate surface area is 123 Å². The second-order valence-electron chi connectivity index (χ2n) is 3.77. The molecule has 108 valence electrons. The molecule has 20 heavy (non-hydrogen) atoms. The first-order valence-corrected chi connectivity index (χ1v) is 8.11. The standard InChI is InChI=1S/C10H10ClFN4O2S2/c1-2-8-14-15-10(19-8)16-20(17,18)7-4-5(13)3-6(11)9(7)12/h3-4H,2,13H2,1H3,(H,15,16). The monoisotopic (exact) mass is 336 g/mol. The molecular weight excluding hydrogens is 327 g/mol. The van der Waals surface area contributed by atoms with Gasteiger partial charge in [-0.3, -0.25) is 4.72 Å². The number of nitrogens with one attached hydrogen (secondary N) is 1. The zero-order valence-corrected chi connectivity index (χ0v) is 12.6. The molecule has 3 N–H and O–H groups in total. The van der Waals surface area contributed by atoms with Crippen molar-refractivity contribution in [3.05, 3.63) is 28.0 Å². The zero-order chi connectivity index (χ0) is 14.9. The van der Waals surface area contributed by atoms with E-state index in [-0.39, 0.29) is 15.8 Å². The largest absolute Gasteiger partial charge is 0.399 e. The molecule has 0 aliphatic heterocycles. The average Bonchev–Trinajstić information content (AvgIpc) is 2.80. The molecule has 0 radical (unpaired) electrons. The van der Waals surface area contributed by atoms with Crippen LogP contribution in [-0.4, -0.2) is 18.6 Å². The van der Waals surface area contributed by atoms with Gasteiger partial charge in [0.15, 0.2) is 5.82 Å². The number of sulfonamides is 1. The van der Waals surface area contributed by atoms with Gasteiger partial charge in [0, 0.05) is 5.69 Å². The van der Waals surface area contributed by atoms with Crippen LogP contribution in [0.15, 0.2) is 17.0 Å². The molecule has 0 aliphatic carbocycles. The number of aryl methyl sites for hydroxylation is 1. The van der Waals surface area contributed by atoms with E-state index in [9.17, 15) is 12.8 Å². The van der Waals surface area contributed by atoms with Crippen LogP contribution in [0.5, 0.6) is 0 Å². The molecule has 0 bridgehead atoms. The third-order valence-electron chi connectivity index (χ3n) is 2.30. The number of nitrogens with zero attached hydrogens (tertiary/aromatic N) is 2. The second kappa shape index (κ2) is 5.51. The lowest BCUT2D eigenvalue weighted by Crippen LogP contribution is -2.15. The number of hydrogen-bond donors (Lipinski definition) is 2. The Morgan fingerprint density at radius 1 is 1.45 bits per heavy atom. The summed E-state index contributed by atoms with van der Waals surface area (Å²) in [6, 6.07) is 2.13. The summed E-state index contributed by atoms with van der Waals surface area (Å²) >= 11 is 6.65. The minimum absolute atomic E-state index is 0.0447. The summed E-state index contributed by atoms with van der Waals surface area (Å²) in [5.74, 6) is -1.06. The molecule has 6 nitrogen and oxygen atoms in total. The second-order valence-corrected chi connectivity index (χ2v) is 6.89. The van der Waals surface area contributed by atoms with Crippen molar-refractivity contribution < 1.29 is 12.8 Å². The Kier molecular flexibility index (Phi) is 4.11. The van der Waals surface area contributed by atoms with Crippen molar-refractivity contribution in [1.29, 1.82) is 0 Å². The van der Waals surface area contributed by atoms with E-state index in [1.54, 1.807) is 0 Å². The maximum atomic E-state index is 13.8. The lowest BCUT2D eigenvalue weighted by atomic mass is 10.3. The highest BCUT2D eigenvalue weighted by Crippen LogP contribution is 2.28. The van der Waals surface area contributed by atoms with Gasteiger partial charge in [0.25, 0.3) is 10.0 Å². The molecule has 0 amide bonds. The first kappa shape index (κ1) is 14.9. The number of nitrogens with two attached hydrogens (primary N) is 1. The Bertz CT molecular complexity index is 748. The molecule has 1 heterocycles. The highest BCUT2D eigenvalue weighted by Gasteiger charge is 2.23. The minimum Gasteiger partial charge on any atom is -0.399 e. The number of aromatic nitrogens is 2. The van der Waals surface area contributed by atoms with E-state index in [1.807, 2.05) is 6.92 Å². The number of benzene rings is 1. The van der Waals surface area contributed by atoms with Gasteiger partial charge in [0.1, 0.15) is 9.90 Å². The van der Waals surface area contributed by atoms with Crippen LogP contribution in [0.1, 0.15) is 11.9 Å². The van der Waals surface area contributed by atoms with Crippen LogP contribution in [0, 0.1) is 5.82 Å². The normalized spacial score (nSPS) is 11.6. The van der Waals surface area contributed by atoms with Crippen LogP contribution in [0.2, 0.25) is 5.02 Å². The molecule has 0 saturated heterocycles. The summed E-state index contributed by atoms with van der Waals surface area (Å²) in [6.45, 7) is 1.86. The van der Waals surface area contributed by atoms with E-state index in [0.717, 1.165) is 23.5 Å². The Morgan fingerprint density at radius 3 is 2.75 bits per heavy atom. The van der Waals surface area contributed by atoms with Crippen molar-refractivity contribution >= 4 is 43.8 Å². The summed E-state index contributed by atoms with van der Waals surface area (Å²) in [7, 11) is -4.17. The van der Waals surface area contributed by atoms with Gasteiger partial charge >= 0.3 is 0 Å². The molecule has 0 aliphatic rings. The molecular formula is C10H10ClFN4O2S2. The first-order chi connectivity index (χ1) is 9.33. The highest BCUT2D eigenvalue weighted by molar-refractivity contribution is 7.93. The van der Waals surface area contributed by atoms with Crippen LogP contribution < -0.4 is 10.5 Å². The number of hydrogen-bond acceptors (Lipinski definition) is 6. The van der Waals surface area contributed by atoms with E-state index in [2.05, 4.69) is 14.9 Å². The lowest BCUT2D eigenvalue weighted by Gasteiger charge is -2.08. The topological polar surface area (TPSA) is 98.0 Å². The summed E-state index contributed by atoms with van der Waals surface area (Å²) in [5.41, 5.74) is 5.52. The molecule has 1 aromatic carbocycles. The van der Waals surface area contributed by atoms with Crippen LogP contribution in [0.4, 0.5) is 15.2 Å². The molecule has 0 fully saturated rings. The van der Waals surface area contributed by atoms with Crippen LogP contribution in [-0.2, 0) is 16.4 Å². The quantitative estimate of drug-likeness (QED) is 0.835. The van der Waals surface area contributed by atoms with E-state index >= 15 is 0 Å². The molecule has 1 aromatic heterocycles. The summed E-state index contributed by atoms with van der Waals surface area (Å²) in [6.07, 6.45) is 0.623. The fourth-order valence-corrected chi connectivity index (χ4v) is 3.72. The van der Waals surface area contributed by atoms with Crippen LogP contribution in [0.3, 0.4) is 0 Å². The van der Waals surface area contributed by atoms with Gasteiger partial charge in [-0.05, 0) is 18.6 Å². The molecule has 0 spiro atoms. The lowest BCUT2D eigenvalue weighted by molar-refractivity contribution is 0.570. The summed E-state index contributed by atoms with van der Waals surface area (Å²) in [4.78, 5) is -0.629. The highest BCUT2D eigenvalue weighted by atomic mass is 35.5. The van der Waals surface area contributed by atoms with E-state index < -0.39 is 20.7 Å². The maximum Gasteiger partial charge on any atom is 0.266 e. The molecule has 0 saturated carbocycles. The SMILES string of the molecule is CCc1nnc(NS(=O)(=O)c2cc(N)cc(Cl)c2F)s1. The minimum atomic E-state index is -4.17. The van der Waals surface area contributed by atoms with Crippen molar-refractivity contribution in [2.24, 2.45) is 0 Å². The van der Waals surface area contributed by atoms with Crippen molar-refractivity contribution in [2.45, 2.75) is 18.2 Å². The number of halogens is 2. The first-order valence-electron chi connectivity index (χ1n) is 5.43. The Balaban J connectivity index is 2.40. The van der Waals surface area contributed by atoms with Crippen molar-refractivity contribution in [1.82, 2.24) is 10.2 Å². The van der Waals surface area contributed by atoms with Crippen molar-refractivity contribution in [3.8, 4) is 0 Å². The van der Waals surface area contributed by atoms with E-state index in [0.29, 0.717) is 11.4 Å². The molecule has 10 heteroatoms.